The predicted octanol–water partition coefficient (Wildman–Crippen LogP) is 5.01. The van der Waals surface area contributed by atoms with Gasteiger partial charge in [-0.05, 0) is 49.2 Å². The van der Waals surface area contributed by atoms with E-state index in [4.69, 9.17) is 9.72 Å². The highest BCUT2D eigenvalue weighted by Crippen LogP contribution is 2.28. The minimum absolute atomic E-state index is 0.193. The number of fused-ring (bicyclic) bond motifs is 1. The number of likely N-dealkylation sites (tertiary alicyclic amines) is 1. The van der Waals surface area contributed by atoms with E-state index < -0.39 is 0 Å². The number of amides is 2. The molecule has 1 aliphatic rings. The molecular formula is C27H27BrN6O3. The first kappa shape index (κ1) is 24.8. The molecule has 0 saturated carbocycles. The minimum Gasteiger partial charge on any atom is -0.457 e. The molecule has 0 bridgehead atoms. The summed E-state index contributed by atoms with van der Waals surface area (Å²) in [6.07, 6.45) is 3.79. The second-order valence-corrected chi connectivity index (χ2v) is 9.77. The van der Waals surface area contributed by atoms with E-state index in [1.807, 2.05) is 59.0 Å². The van der Waals surface area contributed by atoms with Crippen molar-refractivity contribution in [2.45, 2.75) is 19.3 Å². The van der Waals surface area contributed by atoms with Crippen molar-refractivity contribution in [3.8, 4) is 11.5 Å². The molecular weight excluding hydrogens is 536 g/mol. The van der Waals surface area contributed by atoms with E-state index in [9.17, 15) is 9.59 Å². The van der Waals surface area contributed by atoms with Crippen LogP contribution in [0.1, 0.15) is 29.8 Å². The number of aromatic nitrogens is 3. The van der Waals surface area contributed by atoms with Crippen LogP contribution < -0.4 is 15.4 Å². The number of pyridine rings is 1. The lowest BCUT2D eigenvalue weighted by Gasteiger charge is -2.15. The standard InChI is InChI=1S/C27H27BrN6O3/c1-33-24-9-8-20(16-22(24)32-27(33)31-19-6-2-5-18(28)15-19)37-21-10-12-29-23(17-21)26(36)30-11-4-14-34-13-3-7-25(34)35/h2,5-6,8-10,12,15-17H,3-4,7,11,13-14H2,1H3,(H,30,36)(H,31,32). The van der Waals surface area contributed by atoms with E-state index in [1.165, 1.54) is 0 Å². The van der Waals surface area contributed by atoms with Crippen LogP contribution in [0.15, 0.2) is 65.3 Å². The van der Waals surface area contributed by atoms with Gasteiger partial charge in [-0.15, -0.1) is 0 Å². The van der Waals surface area contributed by atoms with E-state index >= 15 is 0 Å². The van der Waals surface area contributed by atoms with Gasteiger partial charge in [0.25, 0.3) is 5.91 Å². The molecule has 0 spiro atoms. The molecule has 190 valence electrons. The molecule has 0 radical (unpaired) electrons. The van der Waals surface area contributed by atoms with Crippen LogP contribution in [0.4, 0.5) is 11.6 Å². The van der Waals surface area contributed by atoms with Crippen LogP contribution in [0.2, 0.25) is 0 Å². The van der Waals surface area contributed by atoms with Gasteiger partial charge in [0.15, 0.2) is 0 Å². The average molecular weight is 563 g/mol. The van der Waals surface area contributed by atoms with Crippen molar-refractivity contribution in [1.29, 1.82) is 0 Å². The van der Waals surface area contributed by atoms with Gasteiger partial charge in [0.1, 0.15) is 17.2 Å². The third-order valence-electron chi connectivity index (χ3n) is 6.19. The number of rotatable bonds is 9. The summed E-state index contributed by atoms with van der Waals surface area (Å²) in [7, 11) is 1.95. The number of imidazole rings is 1. The van der Waals surface area contributed by atoms with Gasteiger partial charge in [0, 0.05) is 61.6 Å². The fourth-order valence-corrected chi connectivity index (χ4v) is 4.69. The lowest BCUT2D eigenvalue weighted by molar-refractivity contribution is -0.127. The lowest BCUT2D eigenvalue weighted by atomic mass is 10.3. The molecule has 1 aliphatic heterocycles. The first-order chi connectivity index (χ1) is 18.0. The Bertz CT molecular complexity index is 1450. The van der Waals surface area contributed by atoms with Crippen LogP contribution in [0, 0.1) is 0 Å². The molecule has 0 aliphatic carbocycles. The van der Waals surface area contributed by atoms with Crippen LogP contribution in [0.5, 0.6) is 11.5 Å². The molecule has 2 aromatic carbocycles. The molecule has 2 aromatic heterocycles. The van der Waals surface area contributed by atoms with Crippen molar-refractivity contribution in [3.63, 3.8) is 0 Å². The smallest absolute Gasteiger partial charge is 0.270 e. The Balaban J connectivity index is 1.22. The maximum atomic E-state index is 12.6. The molecule has 37 heavy (non-hydrogen) atoms. The van der Waals surface area contributed by atoms with Crippen molar-refractivity contribution >= 4 is 50.4 Å². The number of aryl methyl sites for hydroxylation is 1. The maximum absolute atomic E-state index is 12.6. The van der Waals surface area contributed by atoms with Crippen LogP contribution in [0.25, 0.3) is 11.0 Å². The van der Waals surface area contributed by atoms with Crippen LogP contribution in [0.3, 0.4) is 0 Å². The number of carbonyl (C=O) groups excluding carboxylic acids is 2. The molecule has 0 unspecified atom stereocenters. The molecule has 10 heteroatoms. The summed E-state index contributed by atoms with van der Waals surface area (Å²) >= 11 is 3.49. The fourth-order valence-electron chi connectivity index (χ4n) is 4.29. The molecule has 4 aromatic rings. The maximum Gasteiger partial charge on any atom is 0.270 e. The van der Waals surface area contributed by atoms with Gasteiger partial charge in [-0.1, -0.05) is 22.0 Å². The van der Waals surface area contributed by atoms with Gasteiger partial charge in [-0.25, -0.2) is 4.98 Å². The quantitative estimate of drug-likeness (QED) is 0.278. The molecule has 1 fully saturated rings. The number of ether oxygens (including phenoxy) is 1. The van der Waals surface area contributed by atoms with Crippen LogP contribution >= 0.6 is 15.9 Å². The van der Waals surface area contributed by atoms with Crippen molar-refractivity contribution in [2.24, 2.45) is 7.05 Å². The Morgan fingerprint density at radius 3 is 2.81 bits per heavy atom. The number of nitrogens with zero attached hydrogens (tertiary/aromatic N) is 4. The molecule has 0 atom stereocenters. The second-order valence-electron chi connectivity index (χ2n) is 8.85. The minimum atomic E-state index is -0.276. The predicted molar refractivity (Wildman–Crippen MR) is 145 cm³/mol. The summed E-state index contributed by atoms with van der Waals surface area (Å²) in [6, 6.07) is 16.9. The summed E-state index contributed by atoms with van der Waals surface area (Å²) in [5.74, 6) is 1.74. The summed E-state index contributed by atoms with van der Waals surface area (Å²) in [4.78, 5) is 35.0. The molecule has 2 amide bonds. The van der Waals surface area contributed by atoms with Gasteiger partial charge in [0.05, 0.1) is 11.0 Å². The zero-order valence-corrected chi connectivity index (χ0v) is 22.0. The van der Waals surface area contributed by atoms with E-state index in [2.05, 4.69) is 31.5 Å². The lowest BCUT2D eigenvalue weighted by Crippen LogP contribution is -2.30. The Kier molecular flexibility index (Phi) is 7.36. The number of nitrogens with one attached hydrogen (secondary N) is 2. The Morgan fingerprint density at radius 1 is 1.14 bits per heavy atom. The molecule has 9 nitrogen and oxygen atoms in total. The number of benzene rings is 2. The second kappa shape index (κ2) is 11.0. The number of hydrogen-bond acceptors (Lipinski definition) is 6. The third-order valence-corrected chi connectivity index (χ3v) is 6.69. The average Bonchev–Trinajstić information content (AvgIpc) is 3.43. The first-order valence-electron chi connectivity index (χ1n) is 12.2. The molecule has 2 N–H and O–H groups in total. The van der Waals surface area contributed by atoms with E-state index in [1.54, 1.807) is 18.3 Å². The Hall–Kier alpha value is -3.92. The van der Waals surface area contributed by atoms with Crippen molar-refractivity contribution in [1.82, 2.24) is 24.8 Å². The highest BCUT2D eigenvalue weighted by Gasteiger charge is 2.19. The Labute approximate surface area is 223 Å². The monoisotopic (exact) mass is 562 g/mol. The molecule has 5 rings (SSSR count). The SMILES string of the molecule is Cn1c(Nc2cccc(Br)c2)nc2cc(Oc3ccnc(C(=O)NCCCN4CCCC4=O)c3)ccc21. The summed E-state index contributed by atoms with van der Waals surface area (Å²) in [5, 5.41) is 6.21. The van der Waals surface area contributed by atoms with Crippen molar-refractivity contribution < 1.29 is 14.3 Å². The van der Waals surface area contributed by atoms with Gasteiger partial charge >= 0.3 is 0 Å². The number of carbonyl (C=O) groups is 2. The van der Waals surface area contributed by atoms with Crippen LogP contribution in [-0.2, 0) is 11.8 Å². The summed E-state index contributed by atoms with van der Waals surface area (Å²) in [6.45, 7) is 1.94. The van der Waals surface area contributed by atoms with Crippen LogP contribution in [-0.4, -0.2) is 50.9 Å². The largest absolute Gasteiger partial charge is 0.457 e. The zero-order valence-electron chi connectivity index (χ0n) is 20.4. The Morgan fingerprint density at radius 2 is 2.00 bits per heavy atom. The summed E-state index contributed by atoms with van der Waals surface area (Å²) < 4.78 is 8.99. The third kappa shape index (κ3) is 5.91. The van der Waals surface area contributed by atoms with Gasteiger partial charge in [-0.3, -0.25) is 14.6 Å². The van der Waals surface area contributed by atoms with Crippen molar-refractivity contribution in [3.05, 3.63) is 71.0 Å². The molecule has 1 saturated heterocycles. The van der Waals surface area contributed by atoms with Gasteiger partial charge in [0.2, 0.25) is 11.9 Å². The normalized spacial score (nSPS) is 13.2. The number of hydrogen-bond donors (Lipinski definition) is 2. The zero-order chi connectivity index (χ0) is 25.8. The topological polar surface area (TPSA) is 101 Å². The van der Waals surface area contributed by atoms with Gasteiger partial charge in [-0.2, -0.15) is 0 Å². The summed E-state index contributed by atoms with van der Waals surface area (Å²) in [5.41, 5.74) is 2.93. The van der Waals surface area contributed by atoms with E-state index in [0.29, 0.717) is 43.4 Å². The first-order valence-corrected chi connectivity index (χ1v) is 12.9. The highest BCUT2D eigenvalue weighted by atomic mass is 79.9. The molecule has 3 heterocycles. The highest BCUT2D eigenvalue weighted by molar-refractivity contribution is 9.10. The van der Waals surface area contributed by atoms with E-state index in [-0.39, 0.29) is 17.5 Å². The fraction of sp³-hybridized carbons (Fsp3) is 0.259. The number of anilines is 2. The van der Waals surface area contributed by atoms with Gasteiger partial charge < -0.3 is 24.8 Å². The van der Waals surface area contributed by atoms with E-state index in [0.717, 1.165) is 34.2 Å². The number of halogens is 1. The van der Waals surface area contributed by atoms with Crippen molar-refractivity contribution in [2.75, 3.05) is 25.0 Å².